The topological polar surface area (TPSA) is 439 Å². The number of carbonyl (C=O) groups is 3. The van der Waals surface area contributed by atoms with E-state index in [0.29, 0.717) is 0 Å². The molecule has 3 aliphatic rings. The summed E-state index contributed by atoms with van der Waals surface area (Å²) in [5, 5.41) is 99.4. The fraction of sp³-hybridized carbons (Fsp3) is 0.941. The molecule has 3 fully saturated rings. The zero-order chi connectivity index (χ0) is 60.5. The molecular formula is C51H103N3O28P2. The first-order valence-corrected chi connectivity index (χ1v) is 30.3. The summed E-state index contributed by atoms with van der Waals surface area (Å²) in [6, 6.07) is 0. The maximum Gasteiger partial charge on any atom is 0.472 e. The van der Waals surface area contributed by atoms with Crippen LogP contribution in [0.2, 0.25) is 0 Å². The van der Waals surface area contributed by atoms with Crippen LogP contribution in [0.15, 0.2) is 0 Å². The molecule has 0 spiro atoms. The Morgan fingerprint density at radius 3 is 0.952 bits per heavy atom. The van der Waals surface area contributed by atoms with Crippen molar-refractivity contribution in [3.05, 3.63) is 0 Å². The van der Waals surface area contributed by atoms with Gasteiger partial charge in [0.05, 0.1) is 104 Å². The lowest BCUT2D eigenvalue weighted by atomic mass is 9.92. The maximum absolute atomic E-state index is 13.6. The van der Waals surface area contributed by atoms with E-state index in [1.165, 1.54) is 9.80 Å². The van der Waals surface area contributed by atoms with Crippen molar-refractivity contribution in [2.45, 2.75) is 175 Å². The van der Waals surface area contributed by atoms with Crippen LogP contribution in [0.4, 0.5) is 0 Å². The molecule has 0 saturated carbocycles. The summed E-state index contributed by atoms with van der Waals surface area (Å²) in [4.78, 5) is 64.6. The van der Waals surface area contributed by atoms with Crippen molar-refractivity contribution in [1.29, 1.82) is 0 Å². The van der Waals surface area contributed by atoms with Gasteiger partial charge >= 0.3 is 15.6 Å². The first-order valence-electron chi connectivity index (χ1n) is 27.3. The fourth-order valence-corrected chi connectivity index (χ4v) is 10.1. The molecule has 84 heavy (non-hydrogen) atoms. The summed E-state index contributed by atoms with van der Waals surface area (Å²) >= 11 is 0. The fourth-order valence-electron chi connectivity index (χ4n) is 8.72. The summed E-state index contributed by atoms with van der Waals surface area (Å²) < 4.78 is 85.8. The van der Waals surface area contributed by atoms with E-state index in [4.69, 9.17) is 51.3 Å². The Morgan fingerprint density at radius 2 is 0.702 bits per heavy atom. The number of ether oxygens (including phenoxy) is 7. The third-order valence-corrected chi connectivity index (χ3v) is 15.8. The molecule has 8 unspecified atom stereocenters. The van der Waals surface area contributed by atoms with Gasteiger partial charge < -0.3 is 109 Å². The van der Waals surface area contributed by atoms with Crippen molar-refractivity contribution in [3.8, 4) is 0 Å². The Labute approximate surface area is 494 Å². The molecule has 3 rings (SSSR count). The molecule has 33 heteroatoms. The molecule has 17 atom stereocenters. The molecular weight excluding hydrogens is 1160 g/mol. The van der Waals surface area contributed by atoms with Gasteiger partial charge in [-0.05, 0) is 33.1 Å². The Bertz CT molecular complexity index is 1900. The van der Waals surface area contributed by atoms with E-state index in [0.717, 1.165) is 4.90 Å². The molecule has 0 aromatic heterocycles. The maximum atomic E-state index is 13.6. The van der Waals surface area contributed by atoms with Crippen LogP contribution >= 0.6 is 15.6 Å². The Morgan fingerprint density at radius 1 is 0.440 bits per heavy atom. The van der Waals surface area contributed by atoms with Crippen molar-refractivity contribution < 1.29 is 136 Å². The van der Waals surface area contributed by atoms with E-state index < -0.39 is 172 Å². The highest BCUT2D eigenvalue weighted by molar-refractivity contribution is 7.47. The van der Waals surface area contributed by atoms with Crippen LogP contribution in [-0.4, -0.2) is 292 Å². The van der Waals surface area contributed by atoms with Crippen molar-refractivity contribution in [2.75, 3.05) is 119 Å². The first-order chi connectivity index (χ1) is 38.3. The number of carbonyl (C=O) groups excluding carboxylic acids is 3. The quantitative estimate of drug-likeness (QED) is 0.0250. The van der Waals surface area contributed by atoms with Crippen LogP contribution in [0.25, 0.3) is 0 Å². The van der Waals surface area contributed by atoms with Gasteiger partial charge in [0.2, 0.25) is 17.7 Å². The van der Waals surface area contributed by atoms with Crippen molar-refractivity contribution in [1.82, 2.24) is 14.7 Å². The minimum atomic E-state index is -4.86. The molecule has 3 amide bonds. The summed E-state index contributed by atoms with van der Waals surface area (Å²) in [6.45, 7) is 2.75. The largest absolute Gasteiger partial charge is 0.472 e. The van der Waals surface area contributed by atoms with Crippen LogP contribution in [-0.2, 0) is 74.8 Å². The number of phosphoric ester groups is 2. The molecule has 31 nitrogen and oxygen atoms in total. The second kappa shape index (κ2) is 42.0. The van der Waals surface area contributed by atoms with Crippen molar-refractivity contribution >= 4 is 33.4 Å². The van der Waals surface area contributed by atoms with E-state index >= 15 is 0 Å². The molecule has 0 aromatic rings. The van der Waals surface area contributed by atoms with Gasteiger partial charge in [0.1, 0.15) is 36.6 Å². The van der Waals surface area contributed by atoms with Gasteiger partial charge in [-0.3, -0.25) is 32.5 Å². The molecule has 3 saturated heterocycles. The molecule has 0 aromatic carbocycles. The number of rotatable bonds is 40. The average molecular weight is 1270 g/mol. The van der Waals surface area contributed by atoms with Gasteiger partial charge in [-0.1, -0.05) is 43.1 Å². The molecule has 3 aliphatic heterocycles. The predicted molar refractivity (Wildman–Crippen MR) is 298 cm³/mol. The van der Waals surface area contributed by atoms with Crippen LogP contribution < -0.4 is 0 Å². The van der Waals surface area contributed by atoms with E-state index in [1.54, 1.807) is 34.6 Å². The number of phosphoric acid groups is 2. The number of nitrogens with zero attached hydrogens (tertiary/aromatic N) is 3. The summed E-state index contributed by atoms with van der Waals surface area (Å²) in [5.41, 5.74) is 0. The standard InChI is InChI=1S/C48H91N3O28P2.3CH4/c1-30(2)69-22-13-50(38(57)10-7-20-71-47-32(4)41(60)44(63)35(28-54)78-47)15-24-74-81(67,68)76-26-17-51(39(58)11-8-21-72-48-33(5)42(61)45(64)36(29-55)79-48)16-25-75-80(65,66)73-23-14-49(12-18-52)37(56)9-6-19-70-46-31(3)40(59)43(62)34(27-53)77-46;;;/h30-36,40-48,52-55,59-64H,6-29H2,1-5H3,(H,65,66)(H,67,68);3*1H4/t31?,32?,33?,34?,35?,36?,40-,41-,42-,43+,44+,45+,46-,47-,48-;;;/m1.../s1. The second-order valence-electron chi connectivity index (χ2n) is 20.2. The zero-order valence-electron chi connectivity index (χ0n) is 46.8. The third-order valence-electron chi connectivity index (χ3n) is 13.7. The smallest absolute Gasteiger partial charge is 0.395 e. The van der Waals surface area contributed by atoms with E-state index in [9.17, 15) is 84.4 Å². The minimum Gasteiger partial charge on any atom is -0.395 e. The Hall–Kier alpha value is -2.05. The van der Waals surface area contributed by atoms with Gasteiger partial charge in [-0.15, -0.1) is 0 Å². The highest BCUT2D eigenvalue weighted by Gasteiger charge is 2.45. The molecule has 0 aliphatic carbocycles. The third kappa shape index (κ3) is 27.8. The normalized spacial score (nSPS) is 29.3. The SMILES string of the molecule is C.C.C.CC(C)OCCN(CCOP(=O)(O)OCCN(CCOP(=O)(O)OCCN(CCO)C(=O)CCCO[C@@H]1OC(CO)[C@H](O)[C@H](O)C1C)C(=O)CCCO[C@@H]1OC(CO)[C@H](O)[C@H](O)C1C)C(=O)CCCO[C@@H]1OC(CO)[C@H](O)[C@H](O)C1C. The number of amides is 3. The van der Waals surface area contributed by atoms with Crippen LogP contribution in [0.5, 0.6) is 0 Å². The lowest BCUT2D eigenvalue weighted by Crippen LogP contribution is -2.55. The number of hydrogen-bond acceptors (Lipinski definition) is 26. The number of hydrogen-bond donors (Lipinski definition) is 12. The lowest BCUT2D eigenvalue weighted by molar-refractivity contribution is -0.282. The van der Waals surface area contributed by atoms with Gasteiger partial charge in [0.15, 0.2) is 18.9 Å². The summed E-state index contributed by atoms with van der Waals surface area (Å²) in [6.07, 6.45) is -14.0. The molecule has 0 bridgehead atoms. The molecule has 12 N–H and O–H groups in total. The molecule has 0 radical (unpaired) electrons. The minimum absolute atomic E-state index is 0. The van der Waals surface area contributed by atoms with Crippen molar-refractivity contribution in [2.24, 2.45) is 17.8 Å². The monoisotopic (exact) mass is 1270 g/mol. The van der Waals surface area contributed by atoms with E-state index in [1.807, 2.05) is 0 Å². The summed E-state index contributed by atoms with van der Waals surface area (Å²) in [7, 11) is -9.70. The van der Waals surface area contributed by atoms with E-state index in [2.05, 4.69) is 0 Å². The second-order valence-corrected chi connectivity index (χ2v) is 23.1. The molecule has 500 valence electrons. The highest BCUT2D eigenvalue weighted by Crippen LogP contribution is 2.44. The summed E-state index contributed by atoms with van der Waals surface area (Å²) in [5.74, 6) is -3.44. The van der Waals surface area contributed by atoms with Gasteiger partial charge in [-0.25, -0.2) is 9.13 Å². The first kappa shape index (κ1) is 82.0. The number of aliphatic hydroxyl groups excluding tert-OH is 10. The Balaban J connectivity index is 0.0000230. The van der Waals surface area contributed by atoms with Gasteiger partial charge in [0, 0.05) is 76.3 Å². The van der Waals surface area contributed by atoms with Crippen molar-refractivity contribution in [3.63, 3.8) is 0 Å². The highest BCUT2D eigenvalue weighted by atomic mass is 31.2. The van der Waals surface area contributed by atoms with Crippen LogP contribution in [0.3, 0.4) is 0 Å². The van der Waals surface area contributed by atoms with E-state index in [-0.39, 0.29) is 139 Å². The van der Waals surface area contributed by atoms with Gasteiger partial charge in [0.25, 0.3) is 0 Å². The lowest BCUT2D eigenvalue weighted by Gasteiger charge is -2.40. The zero-order valence-corrected chi connectivity index (χ0v) is 48.6. The predicted octanol–water partition coefficient (Wildman–Crippen LogP) is -1.32. The average Bonchev–Trinajstić information content (AvgIpc) is 3.28. The van der Waals surface area contributed by atoms with Crippen LogP contribution in [0, 0.1) is 17.8 Å². The van der Waals surface area contributed by atoms with Crippen LogP contribution in [0.1, 0.15) is 95.4 Å². The number of aliphatic hydroxyl groups is 10. The van der Waals surface area contributed by atoms with Gasteiger partial charge in [-0.2, -0.15) is 0 Å². The Kier molecular flexibility index (Phi) is 41.0. The molecule has 3 heterocycles.